The van der Waals surface area contributed by atoms with Gasteiger partial charge in [0.15, 0.2) is 5.75 Å². The number of aromatic nitrogens is 1. The molecule has 5 nitrogen and oxygen atoms in total. The number of aromatic amines is 1. The van der Waals surface area contributed by atoms with Crippen molar-refractivity contribution in [3.63, 3.8) is 0 Å². The van der Waals surface area contributed by atoms with Gasteiger partial charge in [0.1, 0.15) is 0 Å². The zero-order valence-corrected chi connectivity index (χ0v) is 15.0. The fourth-order valence-corrected chi connectivity index (χ4v) is 3.09. The number of hydrogen-bond donors (Lipinski definition) is 2. The molecule has 0 atom stereocenters. The van der Waals surface area contributed by atoms with E-state index in [0.717, 1.165) is 5.56 Å². The van der Waals surface area contributed by atoms with Gasteiger partial charge < -0.3 is 9.72 Å². The van der Waals surface area contributed by atoms with E-state index in [0.29, 0.717) is 28.6 Å². The summed E-state index contributed by atoms with van der Waals surface area (Å²) in [4.78, 5) is 28.1. The summed E-state index contributed by atoms with van der Waals surface area (Å²) in [5, 5.41) is 3.37. The average molecular weight is 370 g/mol. The molecule has 138 valence electrons. The van der Waals surface area contributed by atoms with E-state index in [4.69, 9.17) is 4.74 Å². The van der Waals surface area contributed by atoms with Gasteiger partial charge in [0.25, 0.3) is 5.56 Å². The topological polar surface area (TPSA) is 71.2 Å². The second kappa shape index (κ2) is 7.80. The molecule has 0 aliphatic heterocycles. The van der Waals surface area contributed by atoms with Gasteiger partial charge in [-0.25, -0.2) is 4.79 Å². The summed E-state index contributed by atoms with van der Waals surface area (Å²) in [5.41, 5.74) is 2.33. The Bertz CT molecular complexity index is 1170. The van der Waals surface area contributed by atoms with Crippen molar-refractivity contribution in [2.24, 2.45) is 0 Å². The number of carbonyl (C=O) groups excluding carboxylic acids is 1. The monoisotopic (exact) mass is 370 g/mol. The molecule has 28 heavy (non-hydrogen) atoms. The van der Waals surface area contributed by atoms with Crippen LogP contribution in [0.3, 0.4) is 0 Å². The van der Waals surface area contributed by atoms with Crippen LogP contribution in [0, 0.1) is 0 Å². The smallest absolute Gasteiger partial charge is 0.409 e. The van der Waals surface area contributed by atoms with Crippen molar-refractivity contribution in [2.45, 2.75) is 6.42 Å². The third kappa shape index (κ3) is 3.78. The standard InChI is InChI=1S/C23H18N2O3/c26-22-19(15-16-9-3-1-4-10-16)21(18-13-7-8-14-20(18)25-22)28-23(27)24-17-11-5-2-6-12-17/h1-14H,15H2,(H,24,27)(H,25,26). The van der Waals surface area contributed by atoms with Crippen molar-refractivity contribution in [1.29, 1.82) is 0 Å². The molecule has 0 radical (unpaired) electrons. The quantitative estimate of drug-likeness (QED) is 0.545. The van der Waals surface area contributed by atoms with Crippen LogP contribution in [0.25, 0.3) is 10.9 Å². The molecule has 0 bridgehead atoms. The first kappa shape index (κ1) is 17.5. The largest absolute Gasteiger partial charge is 0.417 e. The summed E-state index contributed by atoms with van der Waals surface area (Å²) >= 11 is 0. The number of carbonyl (C=O) groups is 1. The molecule has 0 aliphatic carbocycles. The van der Waals surface area contributed by atoms with Crippen LogP contribution in [0.2, 0.25) is 0 Å². The minimum absolute atomic E-state index is 0.273. The first-order chi connectivity index (χ1) is 13.7. The van der Waals surface area contributed by atoms with Crippen molar-refractivity contribution >= 4 is 22.7 Å². The number of para-hydroxylation sites is 2. The zero-order chi connectivity index (χ0) is 19.3. The number of pyridine rings is 1. The molecule has 0 aliphatic rings. The highest BCUT2D eigenvalue weighted by atomic mass is 16.6. The van der Waals surface area contributed by atoms with Crippen molar-refractivity contribution in [3.05, 3.63) is 106 Å². The van der Waals surface area contributed by atoms with Gasteiger partial charge in [-0.05, 0) is 29.8 Å². The third-order valence-electron chi connectivity index (χ3n) is 4.41. The minimum atomic E-state index is -0.642. The lowest BCUT2D eigenvalue weighted by Gasteiger charge is -2.13. The summed E-state index contributed by atoms with van der Waals surface area (Å²) in [6.07, 6.45) is -0.286. The fraction of sp³-hybridized carbons (Fsp3) is 0.0435. The number of rotatable bonds is 4. The Labute approximate surface area is 161 Å². The molecular weight excluding hydrogens is 352 g/mol. The Morgan fingerprint density at radius 1 is 0.857 bits per heavy atom. The molecular formula is C23H18N2O3. The van der Waals surface area contributed by atoms with Crippen molar-refractivity contribution < 1.29 is 9.53 Å². The van der Waals surface area contributed by atoms with E-state index in [1.54, 1.807) is 18.2 Å². The summed E-state index contributed by atoms with van der Waals surface area (Å²) in [6.45, 7) is 0. The predicted molar refractivity (Wildman–Crippen MR) is 110 cm³/mol. The molecule has 4 aromatic rings. The normalized spacial score (nSPS) is 10.6. The number of amides is 1. The third-order valence-corrected chi connectivity index (χ3v) is 4.41. The van der Waals surface area contributed by atoms with Gasteiger partial charge in [-0.15, -0.1) is 0 Å². The molecule has 0 spiro atoms. The lowest BCUT2D eigenvalue weighted by molar-refractivity contribution is 0.215. The van der Waals surface area contributed by atoms with Crippen molar-refractivity contribution in [1.82, 2.24) is 4.98 Å². The van der Waals surface area contributed by atoms with Gasteiger partial charge in [-0.1, -0.05) is 60.7 Å². The average Bonchev–Trinajstić information content (AvgIpc) is 2.72. The second-order valence-corrected chi connectivity index (χ2v) is 6.35. The highest BCUT2D eigenvalue weighted by molar-refractivity contribution is 5.92. The predicted octanol–water partition coefficient (Wildman–Crippen LogP) is 4.73. The molecule has 1 aromatic heterocycles. The van der Waals surface area contributed by atoms with Crippen LogP contribution in [0.1, 0.15) is 11.1 Å². The Morgan fingerprint density at radius 2 is 1.50 bits per heavy atom. The SMILES string of the molecule is O=C(Nc1ccccc1)Oc1c(Cc2ccccc2)c(=O)[nH]c2ccccc12. The van der Waals surface area contributed by atoms with E-state index >= 15 is 0 Å². The van der Waals surface area contributed by atoms with E-state index in [2.05, 4.69) is 10.3 Å². The van der Waals surface area contributed by atoms with Crippen LogP contribution in [0.4, 0.5) is 10.5 Å². The van der Waals surface area contributed by atoms with E-state index in [1.807, 2.05) is 66.7 Å². The molecule has 4 rings (SSSR count). The maximum atomic E-state index is 12.7. The Balaban J connectivity index is 1.74. The Kier molecular flexibility index (Phi) is 4.89. The van der Waals surface area contributed by atoms with Gasteiger partial charge in [0.2, 0.25) is 0 Å². The molecule has 2 N–H and O–H groups in total. The number of ether oxygens (including phenoxy) is 1. The molecule has 1 heterocycles. The van der Waals surface area contributed by atoms with Crippen LogP contribution >= 0.6 is 0 Å². The summed E-state index contributed by atoms with van der Waals surface area (Å²) in [6, 6.07) is 25.9. The van der Waals surface area contributed by atoms with Crippen LogP contribution in [-0.4, -0.2) is 11.1 Å². The summed E-state index contributed by atoms with van der Waals surface area (Å²) < 4.78 is 5.65. The lowest BCUT2D eigenvalue weighted by Crippen LogP contribution is -2.21. The van der Waals surface area contributed by atoms with Crippen molar-refractivity contribution in [2.75, 3.05) is 5.32 Å². The molecule has 1 amide bonds. The van der Waals surface area contributed by atoms with E-state index in [9.17, 15) is 9.59 Å². The highest BCUT2D eigenvalue weighted by Gasteiger charge is 2.18. The number of fused-ring (bicyclic) bond motifs is 1. The van der Waals surface area contributed by atoms with E-state index in [-0.39, 0.29) is 11.3 Å². The zero-order valence-electron chi connectivity index (χ0n) is 15.0. The molecule has 0 saturated carbocycles. The summed E-state index contributed by atoms with van der Waals surface area (Å²) in [7, 11) is 0. The first-order valence-corrected chi connectivity index (χ1v) is 8.92. The van der Waals surface area contributed by atoms with Crippen LogP contribution in [0.15, 0.2) is 89.7 Å². The minimum Gasteiger partial charge on any atom is -0.409 e. The molecule has 0 unspecified atom stereocenters. The van der Waals surface area contributed by atoms with Crippen LogP contribution < -0.4 is 15.6 Å². The molecule has 3 aromatic carbocycles. The number of hydrogen-bond acceptors (Lipinski definition) is 3. The van der Waals surface area contributed by atoms with Gasteiger partial charge >= 0.3 is 6.09 Å². The Hall–Kier alpha value is -3.86. The lowest BCUT2D eigenvalue weighted by atomic mass is 10.0. The number of H-pyrrole nitrogens is 1. The first-order valence-electron chi connectivity index (χ1n) is 8.92. The fourth-order valence-electron chi connectivity index (χ4n) is 3.09. The summed E-state index contributed by atoms with van der Waals surface area (Å²) in [5.74, 6) is 0.275. The number of nitrogens with one attached hydrogen (secondary N) is 2. The van der Waals surface area contributed by atoms with E-state index in [1.165, 1.54) is 0 Å². The Morgan fingerprint density at radius 3 is 2.25 bits per heavy atom. The molecule has 5 heteroatoms. The second-order valence-electron chi connectivity index (χ2n) is 6.35. The van der Waals surface area contributed by atoms with Gasteiger partial charge in [-0.2, -0.15) is 0 Å². The van der Waals surface area contributed by atoms with Crippen molar-refractivity contribution in [3.8, 4) is 5.75 Å². The van der Waals surface area contributed by atoms with E-state index < -0.39 is 6.09 Å². The van der Waals surface area contributed by atoms with Gasteiger partial charge in [0.05, 0.1) is 11.1 Å². The van der Waals surface area contributed by atoms with Crippen LogP contribution in [-0.2, 0) is 6.42 Å². The number of anilines is 1. The van der Waals surface area contributed by atoms with Gasteiger partial charge in [0, 0.05) is 17.5 Å². The number of benzene rings is 3. The molecule has 0 fully saturated rings. The molecule has 0 saturated heterocycles. The van der Waals surface area contributed by atoms with Gasteiger partial charge in [-0.3, -0.25) is 10.1 Å². The maximum absolute atomic E-state index is 12.7. The maximum Gasteiger partial charge on any atom is 0.417 e. The van der Waals surface area contributed by atoms with Crippen LogP contribution in [0.5, 0.6) is 5.75 Å². The highest BCUT2D eigenvalue weighted by Crippen LogP contribution is 2.28.